The maximum absolute atomic E-state index is 6.63. The second kappa shape index (κ2) is 6.51. The van der Waals surface area contributed by atoms with Crippen molar-refractivity contribution in [1.29, 1.82) is 0 Å². The molecule has 0 aromatic heterocycles. The van der Waals surface area contributed by atoms with Gasteiger partial charge in [0.2, 0.25) is 0 Å². The van der Waals surface area contributed by atoms with E-state index in [0.717, 1.165) is 52.4 Å². The van der Waals surface area contributed by atoms with Gasteiger partial charge >= 0.3 is 0 Å². The first-order valence-corrected chi connectivity index (χ1v) is 10.8. The zero-order valence-electron chi connectivity index (χ0n) is 13.2. The van der Waals surface area contributed by atoms with Crippen molar-refractivity contribution in [2.24, 2.45) is 0 Å². The van der Waals surface area contributed by atoms with E-state index in [0.29, 0.717) is 0 Å². The van der Waals surface area contributed by atoms with Gasteiger partial charge in [0.25, 0.3) is 0 Å². The molecule has 0 fully saturated rings. The minimum absolute atomic E-state index is 0.760. The van der Waals surface area contributed by atoms with E-state index in [4.69, 9.17) is 23.2 Å². The van der Waals surface area contributed by atoms with Crippen LogP contribution < -0.4 is 10.8 Å². The average Bonchev–Trinajstić information content (AvgIpc) is 2.62. The van der Waals surface area contributed by atoms with E-state index in [-0.39, 0.29) is 0 Å². The van der Waals surface area contributed by atoms with Crippen LogP contribution >= 0.6 is 40.8 Å². The molecule has 0 aliphatic heterocycles. The van der Waals surface area contributed by atoms with Crippen LogP contribution in [0, 0.1) is 0 Å². The van der Waals surface area contributed by atoms with Gasteiger partial charge in [-0.25, -0.2) is 0 Å². The molecule has 0 spiro atoms. The zero-order chi connectivity index (χ0) is 16.8. The standard InChI is InChI=1S/C18H14B2Cl2P2/c19-24-10-2-4-12-14-7-17(21)15-5-9(20-23)1-3-11(15)13(14)8-18(22)16(12)6-10/h1-8,20,24H,19,23H2. The Morgan fingerprint density at radius 2 is 1.33 bits per heavy atom. The molecule has 2 atom stereocenters. The largest absolute Gasteiger partial charge is 0.180 e. The Labute approximate surface area is 156 Å². The van der Waals surface area contributed by atoms with Crippen LogP contribution in [-0.4, -0.2) is 14.6 Å². The van der Waals surface area contributed by atoms with Crippen LogP contribution in [0.4, 0.5) is 0 Å². The molecule has 24 heavy (non-hydrogen) atoms. The minimum atomic E-state index is 0.760. The van der Waals surface area contributed by atoms with Gasteiger partial charge in [-0.05, 0) is 45.0 Å². The van der Waals surface area contributed by atoms with Crippen molar-refractivity contribution in [2.75, 3.05) is 0 Å². The third-order valence-electron chi connectivity index (χ3n) is 4.56. The average molecular weight is 385 g/mol. The number of fused-ring (bicyclic) bond motifs is 5. The van der Waals surface area contributed by atoms with Crippen LogP contribution in [0.15, 0.2) is 48.5 Å². The number of halogens is 2. The molecular formula is C18H14B2Cl2P2. The fourth-order valence-electron chi connectivity index (χ4n) is 3.29. The molecule has 0 aliphatic carbocycles. The normalized spacial score (nSPS) is 12.0. The third-order valence-corrected chi connectivity index (χ3v) is 6.54. The van der Waals surface area contributed by atoms with Crippen molar-refractivity contribution in [1.82, 2.24) is 0 Å². The highest BCUT2D eigenvalue weighted by atomic mass is 35.5. The molecule has 4 aromatic rings. The van der Waals surface area contributed by atoms with Gasteiger partial charge in [0, 0.05) is 20.8 Å². The van der Waals surface area contributed by atoms with Crippen LogP contribution in [0.5, 0.6) is 0 Å². The van der Waals surface area contributed by atoms with E-state index < -0.39 is 0 Å². The summed E-state index contributed by atoms with van der Waals surface area (Å²) in [5, 5.41) is 9.76. The lowest BCUT2D eigenvalue weighted by atomic mass is 9.89. The molecule has 2 unspecified atom stereocenters. The first kappa shape index (κ1) is 16.7. The topological polar surface area (TPSA) is 0 Å². The zero-order valence-corrected chi connectivity index (χ0v) is 16.8. The van der Waals surface area contributed by atoms with Gasteiger partial charge in [0.15, 0.2) is 7.00 Å². The Morgan fingerprint density at radius 1 is 0.750 bits per heavy atom. The molecule has 0 radical (unpaired) electrons. The lowest BCUT2D eigenvalue weighted by Gasteiger charge is -2.12. The number of hydrogen-bond acceptors (Lipinski definition) is 0. The van der Waals surface area contributed by atoms with Crippen molar-refractivity contribution >= 4 is 98.4 Å². The molecule has 0 nitrogen and oxygen atoms in total. The van der Waals surface area contributed by atoms with E-state index in [9.17, 15) is 0 Å². The first-order valence-electron chi connectivity index (χ1n) is 7.77. The fraction of sp³-hybridized carbons (Fsp3) is 0. The van der Waals surface area contributed by atoms with Crippen LogP contribution in [0.1, 0.15) is 0 Å². The molecule has 0 saturated carbocycles. The van der Waals surface area contributed by atoms with E-state index in [1.54, 1.807) is 0 Å². The van der Waals surface area contributed by atoms with Gasteiger partial charge < -0.3 is 0 Å². The quantitative estimate of drug-likeness (QED) is 0.276. The molecular weight excluding hydrogens is 371 g/mol. The summed E-state index contributed by atoms with van der Waals surface area (Å²) in [5.74, 6) is 0. The van der Waals surface area contributed by atoms with E-state index in [1.807, 2.05) is 0 Å². The van der Waals surface area contributed by atoms with Gasteiger partial charge in [-0.2, -0.15) is 9.12 Å². The molecule has 0 saturated heterocycles. The summed E-state index contributed by atoms with van der Waals surface area (Å²) < 4.78 is 0. The molecule has 116 valence electrons. The molecule has 0 bridgehead atoms. The van der Waals surface area contributed by atoms with E-state index in [2.05, 4.69) is 65.2 Å². The predicted octanol–water partition coefficient (Wildman–Crippen LogP) is 4.16. The molecule has 4 aromatic carbocycles. The molecule has 4 rings (SSSR count). The lowest BCUT2D eigenvalue weighted by Crippen LogP contribution is -2.06. The maximum Gasteiger partial charge on any atom is 0.180 e. The molecule has 0 N–H and O–H groups in total. The van der Waals surface area contributed by atoms with Gasteiger partial charge in [0.05, 0.1) is 0 Å². The highest BCUT2D eigenvalue weighted by Crippen LogP contribution is 2.38. The van der Waals surface area contributed by atoms with Crippen LogP contribution in [-0.2, 0) is 0 Å². The smallest absolute Gasteiger partial charge is 0.169 e. The van der Waals surface area contributed by atoms with Crippen molar-refractivity contribution in [3.8, 4) is 0 Å². The van der Waals surface area contributed by atoms with Gasteiger partial charge in [-0.15, -0.1) is 8.46 Å². The Kier molecular flexibility index (Phi) is 4.53. The summed E-state index contributed by atoms with van der Waals surface area (Å²) in [5.41, 5.74) is 1.26. The van der Waals surface area contributed by atoms with Crippen LogP contribution in [0.2, 0.25) is 10.0 Å². The summed E-state index contributed by atoms with van der Waals surface area (Å²) >= 11 is 13.3. The van der Waals surface area contributed by atoms with Gasteiger partial charge in [0.1, 0.15) is 7.57 Å². The highest BCUT2D eigenvalue weighted by molar-refractivity contribution is 7.73. The van der Waals surface area contributed by atoms with Crippen LogP contribution in [0.25, 0.3) is 32.3 Å². The lowest BCUT2D eigenvalue weighted by molar-refractivity contribution is 1.81. The van der Waals surface area contributed by atoms with Crippen molar-refractivity contribution < 1.29 is 0 Å². The summed E-state index contributed by atoms with van der Waals surface area (Å²) in [6, 6.07) is 17.2. The first-order chi connectivity index (χ1) is 11.6. The second-order valence-electron chi connectivity index (χ2n) is 5.91. The molecule has 0 heterocycles. The van der Waals surface area contributed by atoms with Crippen molar-refractivity contribution in [3.05, 3.63) is 58.6 Å². The van der Waals surface area contributed by atoms with Crippen molar-refractivity contribution in [3.63, 3.8) is 0 Å². The third kappa shape index (κ3) is 2.65. The van der Waals surface area contributed by atoms with E-state index >= 15 is 0 Å². The summed E-state index contributed by atoms with van der Waals surface area (Å²) in [7, 11) is 5.71. The fourth-order valence-corrected chi connectivity index (χ4v) is 4.62. The second-order valence-corrected chi connectivity index (χ2v) is 8.21. The van der Waals surface area contributed by atoms with Crippen LogP contribution in [0.3, 0.4) is 0 Å². The monoisotopic (exact) mass is 384 g/mol. The molecule has 0 aliphatic rings. The minimum Gasteiger partial charge on any atom is -0.169 e. The SMILES string of the molecule is BPc1ccc2c(c1)c(Cl)cc1c3ccc(BP)cc3c(Cl)cc21. The van der Waals surface area contributed by atoms with Crippen molar-refractivity contribution in [2.45, 2.75) is 0 Å². The van der Waals surface area contributed by atoms with Gasteiger partial charge in [-0.3, -0.25) is 0 Å². The number of rotatable bonds is 2. The highest BCUT2D eigenvalue weighted by Gasteiger charge is 2.12. The predicted molar refractivity (Wildman–Crippen MR) is 122 cm³/mol. The Hall–Kier alpha value is -0.770. The molecule has 6 heteroatoms. The maximum atomic E-state index is 6.63. The Morgan fingerprint density at radius 3 is 1.92 bits per heavy atom. The number of benzene rings is 4. The molecule has 0 amide bonds. The Bertz CT molecular complexity index is 1020. The summed E-state index contributed by atoms with van der Waals surface area (Å²) in [6.07, 6.45) is 0. The number of hydrogen-bond donors (Lipinski definition) is 0. The Balaban J connectivity index is 2.18. The summed E-state index contributed by atoms with van der Waals surface area (Å²) in [6.45, 7) is 0.920. The summed E-state index contributed by atoms with van der Waals surface area (Å²) in [4.78, 5) is 0. The van der Waals surface area contributed by atoms with Gasteiger partial charge in [-0.1, -0.05) is 59.0 Å². The van der Waals surface area contributed by atoms with E-state index in [1.165, 1.54) is 16.2 Å².